The maximum atomic E-state index is 9.25. The molecule has 0 fully saturated rings. The molecule has 0 atom stereocenters. The van der Waals surface area contributed by atoms with E-state index in [1.54, 1.807) is 6.20 Å². The van der Waals surface area contributed by atoms with E-state index in [9.17, 15) is 5.11 Å². The minimum Gasteiger partial charge on any atom is -0.492 e. The molecule has 0 aliphatic rings. The summed E-state index contributed by atoms with van der Waals surface area (Å²) in [7, 11) is 4.03. The third-order valence-electron chi connectivity index (χ3n) is 1.74. The molecule has 1 aromatic heterocycles. The van der Waals surface area contributed by atoms with Gasteiger partial charge in [0.2, 0.25) is 5.88 Å². The second kappa shape index (κ2) is 4.71. The zero-order valence-electron chi connectivity index (χ0n) is 7.93. The van der Waals surface area contributed by atoms with Crippen molar-refractivity contribution < 1.29 is 5.11 Å². The largest absolute Gasteiger partial charge is 0.492 e. The topological polar surface area (TPSA) is 62.1 Å². The Kier molecular flexibility index (Phi) is 3.57. The lowest BCUT2D eigenvalue weighted by Crippen LogP contribution is -2.13. The fourth-order valence-corrected chi connectivity index (χ4v) is 1.05. The molecule has 0 unspecified atom stereocenters. The molecule has 0 spiro atoms. The maximum Gasteiger partial charge on any atom is 0.237 e. The molecule has 0 saturated heterocycles. The highest BCUT2D eigenvalue weighted by atomic mass is 16.3. The molecule has 1 heterocycles. The zero-order valence-corrected chi connectivity index (χ0v) is 7.93. The van der Waals surface area contributed by atoms with Gasteiger partial charge >= 0.3 is 0 Å². The van der Waals surface area contributed by atoms with Gasteiger partial charge in [-0.2, -0.15) is 0 Å². The summed E-state index contributed by atoms with van der Waals surface area (Å²) < 4.78 is 0. The van der Waals surface area contributed by atoms with Gasteiger partial charge in [-0.25, -0.2) is 0 Å². The van der Waals surface area contributed by atoms with Crippen molar-refractivity contribution in [1.29, 1.82) is 0 Å². The summed E-state index contributed by atoms with van der Waals surface area (Å²) in [5.41, 5.74) is 0.761. The van der Waals surface area contributed by atoms with E-state index >= 15 is 0 Å². The van der Waals surface area contributed by atoms with Crippen LogP contribution in [-0.4, -0.2) is 46.1 Å². The van der Waals surface area contributed by atoms with Crippen LogP contribution in [0.3, 0.4) is 0 Å². The average molecular weight is 182 g/mol. The number of aryl methyl sites for hydroxylation is 1. The number of nitrogens with zero attached hydrogens (tertiary/aromatic N) is 4. The van der Waals surface area contributed by atoms with Crippen LogP contribution in [0.25, 0.3) is 0 Å². The van der Waals surface area contributed by atoms with E-state index in [2.05, 4.69) is 20.3 Å². The van der Waals surface area contributed by atoms with Crippen molar-refractivity contribution in [3.05, 3.63) is 11.8 Å². The summed E-state index contributed by atoms with van der Waals surface area (Å²) in [6, 6.07) is 0. The van der Waals surface area contributed by atoms with Gasteiger partial charge in [-0.15, -0.1) is 5.10 Å². The highest BCUT2D eigenvalue weighted by Crippen LogP contribution is 2.11. The van der Waals surface area contributed by atoms with E-state index in [1.807, 2.05) is 14.1 Å². The fraction of sp³-hybridized carbons (Fsp3) is 0.625. The molecule has 1 rings (SSSR count). The van der Waals surface area contributed by atoms with Crippen LogP contribution in [0.1, 0.15) is 12.0 Å². The predicted molar refractivity (Wildman–Crippen MR) is 48.4 cm³/mol. The molecule has 5 heteroatoms. The van der Waals surface area contributed by atoms with Crippen molar-refractivity contribution in [2.45, 2.75) is 12.8 Å². The summed E-state index contributed by atoms with van der Waals surface area (Å²) in [6.45, 7) is 0.988. The Hall–Kier alpha value is -1.23. The van der Waals surface area contributed by atoms with E-state index in [0.717, 1.165) is 24.9 Å². The van der Waals surface area contributed by atoms with Crippen LogP contribution in [0.4, 0.5) is 0 Å². The second-order valence-electron chi connectivity index (χ2n) is 3.19. The normalized spacial score (nSPS) is 10.7. The first-order chi connectivity index (χ1) is 6.20. The lowest BCUT2D eigenvalue weighted by Gasteiger charge is -2.08. The Morgan fingerprint density at radius 3 is 2.85 bits per heavy atom. The summed E-state index contributed by atoms with van der Waals surface area (Å²) in [4.78, 5) is 2.10. The van der Waals surface area contributed by atoms with E-state index < -0.39 is 0 Å². The molecule has 0 aliphatic heterocycles. The van der Waals surface area contributed by atoms with Gasteiger partial charge in [0.1, 0.15) is 0 Å². The lowest BCUT2D eigenvalue weighted by molar-refractivity contribution is 0.393. The zero-order chi connectivity index (χ0) is 9.68. The van der Waals surface area contributed by atoms with Crippen molar-refractivity contribution in [3.8, 4) is 5.88 Å². The standard InChI is InChI=1S/C8H14N4O/c1-12(2)5-3-4-7-6-9-11-10-8(7)13/h6H,3-5H2,1-2H3,(H,9,10,13). The molecule has 72 valence electrons. The van der Waals surface area contributed by atoms with Crippen LogP contribution in [0.5, 0.6) is 5.88 Å². The molecular weight excluding hydrogens is 168 g/mol. The summed E-state index contributed by atoms with van der Waals surface area (Å²) in [5.74, 6) is -0.00578. The number of aromatic nitrogens is 3. The van der Waals surface area contributed by atoms with Crippen molar-refractivity contribution >= 4 is 0 Å². The van der Waals surface area contributed by atoms with Crippen molar-refractivity contribution in [3.63, 3.8) is 0 Å². The highest BCUT2D eigenvalue weighted by molar-refractivity contribution is 5.18. The quantitative estimate of drug-likeness (QED) is 0.714. The first-order valence-electron chi connectivity index (χ1n) is 4.21. The molecule has 0 amide bonds. The Balaban J connectivity index is 2.41. The van der Waals surface area contributed by atoms with Crippen LogP contribution < -0.4 is 0 Å². The van der Waals surface area contributed by atoms with Gasteiger partial charge in [-0.1, -0.05) is 5.10 Å². The third kappa shape index (κ3) is 3.33. The lowest BCUT2D eigenvalue weighted by atomic mass is 10.2. The first-order valence-corrected chi connectivity index (χ1v) is 4.21. The molecule has 0 saturated carbocycles. The molecule has 0 aliphatic carbocycles. The van der Waals surface area contributed by atoms with E-state index in [-0.39, 0.29) is 5.88 Å². The smallest absolute Gasteiger partial charge is 0.237 e. The van der Waals surface area contributed by atoms with Gasteiger partial charge in [0.05, 0.1) is 6.20 Å². The molecule has 1 N–H and O–H groups in total. The van der Waals surface area contributed by atoms with Gasteiger partial charge < -0.3 is 10.0 Å². The van der Waals surface area contributed by atoms with Crippen LogP contribution in [0.2, 0.25) is 0 Å². The second-order valence-corrected chi connectivity index (χ2v) is 3.19. The summed E-state index contributed by atoms with van der Waals surface area (Å²) >= 11 is 0. The van der Waals surface area contributed by atoms with Gasteiger partial charge in [0.25, 0.3) is 0 Å². The van der Waals surface area contributed by atoms with E-state index in [4.69, 9.17) is 0 Å². The Morgan fingerprint density at radius 1 is 1.46 bits per heavy atom. The average Bonchev–Trinajstić information content (AvgIpc) is 2.08. The van der Waals surface area contributed by atoms with Gasteiger partial charge in [-0.3, -0.25) is 0 Å². The van der Waals surface area contributed by atoms with Crippen molar-refractivity contribution in [1.82, 2.24) is 20.3 Å². The Labute approximate surface area is 77.4 Å². The monoisotopic (exact) mass is 182 g/mol. The molecule has 1 aromatic rings. The highest BCUT2D eigenvalue weighted by Gasteiger charge is 2.02. The van der Waals surface area contributed by atoms with E-state index in [1.165, 1.54) is 0 Å². The number of hydrogen-bond donors (Lipinski definition) is 1. The molecule has 0 bridgehead atoms. The van der Waals surface area contributed by atoms with Gasteiger partial charge in [-0.05, 0) is 38.7 Å². The SMILES string of the molecule is CN(C)CCCc1cnnnc1O. The van der Waals surface area contributed by atoms with E-state index in [0.29, 0.717) is 0 Å². The maximum absolute atomic E-state index is 9.25. The van der Waals surface area contributed by atoms with Crippen LogP contribution in [0.15, 0.2) is 6.20 Å². The van der Waals surface area contributed by atoms with Crippen molar-refractivity contribution in [2.75, 3.05) is 20.6 Å². The van der Waals surface area contributed by atoms with Crippen LogP contribution in [0, 0.1) is 0 Å². The molecule has 5 nitrogen and oxygen atoms in total. The third-order valence-corrected chi connectivity index (χ3v) is 1.74. The number of hydrogen-bond acceptors (Lipinski definition) is 5. The van der Waals surface area contributed by atoms with Gasteiger partial charge in [0, 0.05) is 5.56 Å². The van der Waals surface area contributed by atoms with Crippen LogP contribution in [-0.2, 0) is 6.42 Å². The fourth-order valence-electron chi connectivity index (χ4n) is 1.05. The minimum absolute atomic E-state index is 0.00578. The molecule has 13 heavy (non-hydrogen) atoms. The minimum atomic E-state index is -0.00578. The van der Waals surface area contributed by atoms with Crippen LogP contribution >= 0.6 is 0 Å². The van der Waals surface area contributed by atoms with Gasteiger partial charge in [0.15, 0.2) is 0 Å². The molecule has 0 aromatic carbocycles. The predicted octanol–water partition coefficient (Wildman–Crippen LogP) is 0.0714. The Morgan fingerprint density at radius 2 is 2.23 bits per heavy atom. The first kappa shape index (κ1) is 9.85. The number of rotatable bonds is 4. The van der Waals surface area contributed by atoms with Crippen molar-refractivity contribution in [2.24, 2.45) is 0 Å². The number of aromatic hydroxyl groups is 1. The summed E-state index contributed by atoms with van der Waals surface area (Å²) in [5, 5.41) is 19.6. The summed E-state index contributed by atoms with van der Waals surface area (Å²) in [6.07, 6.45) is 3.32. The Bertz CT molecular complexity index is 264. The molecular formula is C8H14N4O. The molecule has 0 radical (unpaired) electrons.